The molecule has 2 aliphatic heterocycles. The van der Waals surface area contributed by atoms with E-state index in [1.165, 1.54) is 11.0 Å². The summed E-state index contributed by atoms with van der Waals surface area (Å²) < 4.78 is 47.2. The highest BCUT2D eigenvalue weighted by Gasteiger charge is 2.51. The number of piperazine rings is 1. The van der Waals surface area contributed by atoms with E-state index in [4.69, 9.17) is 22.2 Å². The monoisotopic (exact) mass is 632 g/mol. The van der Waals surface area contributed by atoms with Crippen molar-refractivity contribution in [3.8, 4) is 11.8 Å². The number of hydrogen-bond donors (Lipinski definition) is 1. The Bertz CT molecular complexity index is 1500. The molecule has 2 saturated heterocycles. The largest absolute Gasteiger partial charge is 0.489 e. The van der Waals surface area contributed by atoms with Gasteiger partial charge in [0.05, 0.1) is 17.4 Å². The SMILES string of the molecule is CCc1cc(N2C(=S)N(c3cnc(C#N)c(C(F)(F)F)c3)C(=O)C2(C)C)ccc1O[C@H](C)CN1CC(C)N(C(=O)O)C(C)C1. The molecule has 10 nitrogen and oxygen atoms in total. The van der Waals surface area contributed by atoms with Gasteiger partial charge in [0.2, 0.25) is 0 Å². The molecule has 1 aromatic heterocycles. The number of ether oxygens (including phenoxy) is 1. The van der Waals surface area contributed by atoms with Crippen LogP contribution < -0.4 is 14.5 Å². The van der Waals surface area contributed by atoms with Crippen LogP contribution in [0.2, 0.25) is 0 Å². The molecule has 0 aliphatic carbocycles. The van der Waals surface area contributed by atoms with Crippen molar-refractivity contribution in [3.63, 3.8) is 0 Å². The number of benzene rings is 1. The number of nitrogens with zero attached hydrogens (tertiary/aromatic N) is 6. The van der Waals surface area contributed by atoms with E-state index in [0.717, 1.165) is 16.7 Å². The van der Waals surface area contributed by atoms with Gasteiger partial charge in [-0.1, -0.05) is 6.92 Å². The second-order valence-corrected chi connectivity index (χ2v) is 12.1. The van der Waals surface area contributed by atoms with E-state index < -0.39 is 35.0 Å². The Morgan fingerprint density at radius 3 is 2.41 bits per heavy atom. The number of hydrogen-bond acceptors (Lipinski definition) is 7. The zero-order valence-electron chi connectivity index (χ0n) is 25.3. The van der Waals surface area contributed by atoms with Crippen molar-refractivity contribution in [3.05, 3.63) is 47.3 Å². The highest BCUT2D eigenvalue weighted by molar-refractivity contribution is 7.81. The second-order valence-electron chi connectivity index (χ2n) is 11.7. The summed E-state index contributed by atoms with van der Waals surface area (Å²) in [6.45, 7) is 12.7. The number of anilines is 2. The molecule has 2 aliphatic rings. The molecular formula is C30H35F3N6O4S. The first-order chi connectivity index (χ1) is 20.5. The highest BCUT2D eigenvalue weighted by atomic mass is 32.1. The maximum absolute atomic E-state index is 13.6. The lowest BCUT2D eigenvalue weighted by Gasteiger charge is -2.43. The minimum absolute atomic E-state index is 0.0209. The lowest BCUT2D eigenvalue weighted by molar-refractivity contribution is -0.138. The van der Waals surface area contributed by atoms with Crippen LogP contribution in [0.5, 0.6) is 5.75 Å². The smallest absolute Gasteiger partial charge is 0.419 e. The van der Waals surface area contributed by atoms with Crippen LogP contribution in [-0.4, -0.2) is 80.4 Å². The predicted octanol–water partition coefficient (Wildman–Crippen LogP) is 5.29. The maximum Gasteiger partial charge on any atom is 0.419 e. The van der Waals surface area contributed by atoms with Crippen LogP contribution in [0, 0.1) is 11.3 Å². The van der Waals surface area contributed by atoms with Gasteiger partial charge in [0.1, 0.15) is 23.5 Å². The number of aromatic nitrogens is 1. The molecule has 2 amide bonds. The van der Waals surface area contributed by atoms with Crippen molar-refractivity contribution in [1.82, 2.24) is 14.8 Å². The van der Waals surface area contributed by atoms with Gasteiger partial charge in [0.25, 0.3) is 5.91 Å². The molecule has 2 fully saturated rings. The van der Waals surface area contributed by atoms with Crippen molar-refractivity contribution in [2.24, 2.45) is 0 Å². The van der Waals surface area contributed by atoms with Gasteiger partial charge in [-0.3, -0.25) is 14.6 Å². The number of rotatable bonds is 7. The quantitative estimate of drug-likeness (QED) is 0.407. The summed E-state index contributed by atoms with van der Waals surface area (Å²) >= 11 is 5.65. The standard InChI is InChI=1S/C30H35F3N6O4S/c1-7-20-10-21(8-9-25(20)43-19(4)16-36-14-17(2)37(28(41)42)18(3)15-36)39-27(44)38(26(40)29(39,5)6)22-11-23(30(31,32)33)24(12-34)35-13-22/h8-11,13,17-19H,7,14-16H2,1-6H3,(H,41,42)/t17?,18?,19-/m1/s1. The van der Waals surface area contributed by atoms with Gasteiger partial charge in [-0.2, -0.15) is 18.4 Å². The van der Waals surface area contributed by atoms with Crippen LogP contribution in [0.1, 0.15) is 58.4 Å². The van der Waals surface area contributed by atoms with Crippen LogP contribution >= 0.6 is 12.2 Å². The molecule has 4 rings (SSSR count). The van der Waals surface area contributed by atoms with Gasteiger partial charge >= 0.3 is 12.3 Å². The van der Waals surface area contributed by atoms with E-state index in [0.29, 0.717) is 43.6 Å². The van der Waals surface area contributed by atoms with Gasteiger partial charge in [0, 0.05) is 37.4 Å². The third kappa shape index (κ3) is 6.16. The molecule has 14 heteroatoms. The molecule has 0 radical (unpaired) electrons. The van der Waals surface area contributed by atoms with Gasteiger partial charge in [-0.15, -0.1) is 0 Å². The van der Waals surface area contributed by atoms with Crippen molar-refractivity contribution in [1.29, 1.82) is 5.26 Å². The minimum atomic E-state index is -4.85. The Balaban J connectivity index is 1.56. The van der Waals surface area contributed by atoms with Crippen LogP contribution in [0.4, 0.5) is 29.3 Å². The zero-order valence-corrected chi connectivity index (χ0v) is 26.2. The molecule has 1 N–H and O–H groups in total. The van der Waals surface area contributed by atoms with E-state index in [1.807, 2.05) is 33.8 Å². The number of halogens is 3. The summed E-state index contributed by atoms with van der Waals surface area (Å²) in [5.74, 6) is 0.104. The fraction of sp³-hybridized carbons (Fsp3) is 0.500. The number of alkyl halides is 3. The first kappa shape index (κ1) is 32.9. The van der Waals surface area contributed by atoms with Crippen molar-refractivity contribution >= 4 is 40.7 Å². The number of nitriles is 1. The molecule has 44 heavy (non-hydrogen) atoms. The predicted molar refractivity (Wildman–Crippen MR) is 162 cm³/mol. The summed E-state index contributed by atoms with van der Waals surface area (Å²) in [5, 5.41) is 18.6. The van der Waals surface area contributed by atoms with Crippen LogP contribution in [-0.2, 0) is 17.4 Å². The fourth-order valence-corrected chi connectivity index (χ4v) is 6.53. The molecule has 236 valence electrons. The van der Waals surface area contributed by atoms with E-state index in [2.05, 4.69) is 9.88 Å². The molecule has 2 aromatic rings. The first-order valence-electron chi connectivity index (χ1n) is 14.2. The average molecular weight is 633 g/mol. The van der Waals surface area contributed by atoms with Gasteiger partial charge in [0.15, 0.2) is 10.8 Å². The van der Waals surface area contributed by atoms with Crippen molar-refractivity contribution < 1.29 is 32.6 Å². The molecule has 2 unspecified atom stereocenters. The minimum Gasteiger partial charge on any atom is -0.489 e. The Morgan fingerprint density at radius 2 is 1.86 bits per heavy atom. The number of amides is 2. The Kier molecular flexibility index (Phi) is 9.14. The third-order valence-corrected chi connectivity index (χ3v) is 8.32. The number of carboxylic acid groups (broad SMARTS) is 1. The normalized spacial score (nSPS) is 21.4. The fourth-order valence-electron chi connectivity index (χ4n) is 6.01. The van der Waals surface area contributed by atoms with E-state index >= 15 is 0 Å². The summed E-state index contributed by atoms with van der Waals surface area (Å²) in [5.41, 5.74) is -2.05. The molecular weight excluding hydrogens is 597 g/mol. The zero-order chi connectivity index (χ0) is 32.7. The topological polar surface area (TPSA) is 113 Å². The Labute approximate surface area is 259 Å². The maximum atomic E-state index is 13.6. The molecule has 0 spiro atoms. The molecule has 3 atom stereocenters. The average Bonchev–Trinajstić information content (AvgIpc) is 3.10. The van der Waals surface area contributed by atoms with E-state index in [9.17, 15) is 27.9 Å². The van der Waals surface area contributed by atoms with Crippen LogP contribution in [0.3, 0.4) is 0 Å². The second kappa shape index (κ2) is 12.2. The Morgan fingerprint density at radius 1 is 1.23 bits per heavy atom. The van der Waals surface area contributed by atoms with Gasteiger partial charge < -0.3 is 19.6 Å². The molecule has 0 bridgehead atoms. The number of thiocarbonyl (C=S) groups is 1. The Hall–Kier alpha value is -3.96. The summed E-state index contributed by atoms with van der Waals surface area (Å²) in [4.78, 5) is 35.0. The molecule has 1 aromatic carbocycles. The lowest BCUT2D eigenvalue weighted by Crippen LogP contribution is -2.59. The summed E-state index contributed by atoms with van der Waals surface area (Å²) in [6, 6.07) is 7.24. The molecule has 3 heterocycles. The summed E-state index contributed by atoms with van der Waals surface area (Å²) in [6.07, 6.45) is -4.35. The van der Waals surface area contributed by atoms with E-state index in [1.54, 1.807) is 30.9 Å². The lowest BCUT2D eigenvalue weighted by atomic mass is 10.0. The van der Waals surface area contributed by atoms with E-state index in [-0.39, 0.29) is 29.0 Å². The van der Waals surface area contributed by atoms with Crippen molar-refractivity contribution in [2.75, 3.05) is 29.4 Å². The van der Waals surface area contributed by atoms with Crippen LogP contribution in [0.25, 0.3) is 0 Å². The van der Waals surface area contributed by atoms with Crippen molar-refractivity contribution in [2.45, 2.75) is 77.9 Å². The number of carbonyl (C=O) groups is 2. The molecule has 0 saturated carbocycles. The number of carbonyl (C=O) groups excluding carboxylic acids is 1. The number of pyridine rings is 1. The summed E-state index contributed by atoms with van der Waals surface area (Å²) in [7, 11) is 0. The van der Waals surface area contributed by atoms with Crippen LogP contribution in [0.15, 0.2) is 30.5 Å². The highest BCUT2D eigenvalue weighted by Crippen LogP contribution is 2.40. The number of aryl methyl sites for hydroxylation is 1. The van der Waals surface area contributed by atoms with Gasteiger partial charge in [-0.25, -0.2) is 9.78 Å². The first-order valence-corrected chi connectivity index (χ1v) is 14.6. The van der Waals surface area contributed by atoms with Gasteiger partial charge in [-0.05, 0) is 83.1 Å². The third-order valence-electron chi connectivity index (χ3n) is 7.95.